The first-order valence-electron chi connectivity index (χ1n) is 6.36. The molecular weight excluding hydrogens is 238 g/mol. The average molecular weight is 255 g/mol. The zero-order valence-electron chi connectivity index (χ0n) is 11.1. The molecule has 19 heavy (non-hydrogen) atoms. The number of H-pyrrole nitrogens is 1. The van der Waals surface area contributed by atoms with Gasteiger partial charge in [0.05, 0.1) is 23.1 Å². The zero-order valence-corrected chi connectivity index (χ0v) is 11.1. The van der Waals surface area contributed by atoms with Crippen LogP contribution in [0, 0.1) is 6.92 Å². The maximum Gasteiger partial charge on any atom is 0.108 e. The molecule has 2 aromatic heterocycles. The highest BCUT2D eigenvalue weighted by Gasteiger charge is 2.10. The van der Waals surface area contributed by atoms with Crippen molar-refractivity contribution < 1.29 is 0 Å². The van der Waals surface area contributed by atoms with Gasteiger partial charge in [-0.05, 0) is 25.6 Å². The number of aryl methyl sites for hydroxylation is 2. The number of fused-ring (bicyclic) bond motifs is 1. The van der Waals surface area contributed by atoms with Gasteiger partial charge in [0, 0.05) is 24.7 Å². The SMILES string of the molecule is Cc1[nH]c(CCN)nc1-c1ccc2c(c1)ncn2C. The summed E-state index contributed by atoms with van der Waals surface area (Å²) in [5.74, 6) is 0.941. The van der Waals surface area contributed by atoms with E-state index in [1.807, 2.05) is 24.9 Å². The van der Waals surface area contributed by atoms with E-state index in [9.17, 15) is 0 Å². The number of imidazole rings is 2. The number of nitrogens with zero attached hydrogens (tertiary/aromatic N) is 3. The van der Waals surface area contributed by atoms with Crippen molar-refractivity contribution in [1.82, 2.24) is 19.5 Å². The molecule has 0 aliphatic carbocycles. The molecule has 98 valence electrons. The Morgan fingerprint density at radius 2 is 2.21 bits per heavy atom. The molecule has 0 saturated heterocycles. The lowest BCUT2D eigenvalue weighted by Gasteiger charge is -2.00. The van der Waals surface area contributed by atoms with Crippen LogP contribution in [0.25, 0.3) is 22.3 Å². The number of benzene rings is 1. The topological polar surface area (TPSA) is 72.5 Å². The number of aromatic nitrogens is 4. The lowest BCUT2D eigenvalue weighted by atomic mass is 10.1. The fourth-order valence-corrected chi connectivity index (χ4v) is 2.34. The van der Waals surface area contributed by atoms with Crippen molar-refractivity contribution in [1.29, 1.82) is 0 Å². The maximum atomic E-state index is 5.56. The molecule has 3 rings (SSSR count). The third-order valence-corrected chi connectivity index (χ3v) is 3.31. The molecule has 2 heterocycles. The van der Waals surface area contributed by atoms with E-state index < -0.39 is 0 Å². The number of rotatable bonds is 3. The minimum absolute atomic E-state index is 0.603. The minimum Gasteiger partial charge on any atom is -0.346 e. The van der Waals surface area contributed by atoms with E-state index in [0.29, 0.717) is 6.54 Å². The Bertz CT molecular complexity index is 723. The van der Waals surface area contributed by atoms with Crippen LogP contribution in [0.1, 0.15) is 11.5 Å². The Morgan fingerprint density at radius 1 is 1.37 bits per heavy atom. The number of hydrogen-bond donors (Lipinski definition) is 2. The summed E-state index contributed by atoms with van der Waals surface area (Å²) in [4.78, 5) is 12.3. The molecule has 0 bridgehead atoms. The van der Waals surface area contributed by atoms with Crippen molar-refractivity contribution in [2.24, 2.45) is 12.8 Å². The van der Waals surface area contributed by atoms with Crippen molar-refractivity contribution in [3.63, 3.8) is 0 Å². The normalized spacial score (nSPS) is 11.3. The van der Waals surface area contributed by atoms with Gasteiger partial charge >= 0.3 is 0 Å². The molecule has 0 atom stereocenters. The van der Waals surface area contributed by atoms with Gasteiger partial charge in [-0.1, -0.05) is 6.07 Å². The summed E-state index contributed by atoms with van der Waals surface area (Å²) in [7, 11) is 1.99. The summed E-state index contributed by atoms with van der Waals surface area (Å²) in [6, 6.07) is 6.23. The first-order chi connectivity index (χ1) is 9.19. The third-order valence-electron chi connectivity index (χ3n) is 3.31. The van der Waals surface area contributed by atoms with Gasteiger partial charge in [-0.3, -0.25) is 0 Å². The fourth-order valence-electron chi connectivity index (χ4n) is 2.34. The van der Waals surface area contributed by atoms with Gasteiger partial charge in [0.1, 0.15) is 5.82 Å². The highest BCUT2D eigenvalue weighted by Crippen LogP contribution is 2.24. The first-order valence-corrected chi connectivity index (χ1v) is 6.36. The lowest BCUT2D eigenvalue weighted by Crippen LogP contribution is -2.03. The molecule has 0 radical (unpaired) electrons. The summed E-state index contributed by atoms with van der Waals surface area (Å²) < 4.78 is 2.01. The molecule has 0 saturated carbocycles. The maximum absolute atomic E-state index is 5.56. The zero-order chi connectivity index (χ0) is 13.4. The monoisotopic (exact) mass is 255 g/mol. The molecule has 0 spiro atoms. The molecule has 0 aliphatic heterocycles. The minimum atomic E-state index is 0.603. The summed E-state index contributed by atoms with van der Waals surface area (Å²) in [6.07, 6.45) is 2.60. The lowest BCUT2D eigenvalue weighted by molar-refractivity contribution is 0.891. The van der Waals surface area contributed by atoms with Crippen LogP contribution in [0.2, 0.25) is 0 Å². The summed E-state index contributed by atoms with van der Waals surface area (Å²) in [5, 5.41) is 0. The quantitative estimate of drug-likeness (QED) is 0.749. The van der Waals surface area contributed by atoms with Crippen molar-refractivity contribution in [3.8, 4) is 11.3 Å². The molecule has 3 N–H and O–H groups in total. The van der Waals surface area contributed by atoms with Gasteiger partial charge in [-0.2, -0.15) is 0 Å². The Balaban J connectivity index is 2.08. The smallest absolute Gasteiger partial charge is 0.108 e. The van der Waals surface area contributed by atoms with Crippen LogP contribution in [0.5, 0.6) is 0 Å². The van der Waals surface area contributed by atoms with Crippen molar-refractivity contribution in [2.45, 2.75) is 13.3 Å². The van der Waals surface area contributed by atoms with Crippen LogP contribution >= 0.6 is 0 Å². The largest absolute Gasteiger partial charge is 0.346 e. The molecular formula is C14H17N5. The molecule has 0 aliphatic rings. The third kappa shape index (κ3) is 2.02. The van der Waals surface area contributed by atoms with Gasteiger partial charge < -0.3 is 15.3 Å². The van der Waals surface area contributed by atoms with E-state index in [-0.39, 0.29) is 0 Å². The van der Waals surface area contributed by atoms with E-state index in [4.69, 9.17) is 5.73 Å². The molecule has 5 heteroatoms. The molecule has 0 unspecified atom stereocenters. The predicted octanol–water partition coefficient (Wildman–Crippen LogP) is 1.77. The molecule has 0 amide bonds. The molecule has 5 nitrogen and oxygen atoms in total. The second kappa shape index (κ2) is 4.51. The standard InChI is InChI=1S/C14H17N5/c1-9-14(18-13(17-9)5-6-15)10-3-4-12-11(7-10)16-8-19(12)2/h3-4,7-8H,5-6,15H2,1-2H3,(H,17,18). The van der Waals surface area contributed by atoms with Gasteiger partial charge in [0.15, 0.2) is 0 Å². The summed E-state index contributed by atoms with van der Waals surface area (Å²) >= 11 is 0. The Morgan fingerprint density at radius 3 is 3.00 bits per heavy atom. The van der Waals surface area contributed by atoms with Crippen LogP contribution in [0.3, 0.4) is 0 Å². The van der Waals surface area contributed by atoms with E-state index in [1.54, 1.807) is 0 Å². The van der Waals surface area contributed by atoms with Gasteiger partial charge in [0.2, 0.25) is 0 Å². The van der Waals surface area contributed by atoms with Crippen LogP contribution in [-0.2, 0) is 13.5 Å². The number of nitrogens with two attached hydrogens (primary N) is 1. The van der Waals surface area contributed by atoms with Gasteiger partial charge in [-0.15, -0.1) is 0 Å². The highest BCUT2D eigenvalue weighted by molar-refractivity contribution is 5.81. The van der Waals surface area contributed by atoms with E-state index in [1.165, 1.54) is 0 Å². The Labute approximate surface area is 111 Å². The molecule has 1 aromatic carbocycles. The highest BCUT2D eigenvalue weighted by atomic mass is 15.0. The fraction of sp³-hybridized carbons (Fsp3) is 0.286. The van der Waals surface area contributed by atoms with Crippen LogP contribution in [0.15, 0.2) is 24.5 Å². The Kier molecular flexibility index (Phi) is 2.83. The van der Waals surface area contributed by atoms with Crippen molar-refractivity contribution in [3.05, 3.63) is 36.0 Å². The van der Waals surface area contributed by atoms with Crippen molar-refractivity contribution >= 4 is 11.0 Å². The number of aromatic amines is 1. The number of hydrogen-bond acceptors (Lipinski definition) is 3. The number of nitrogens with one attached hydrogen (secondary N) is 1. The second-order valence-electron chi connectivity index (χ2n) is 4.75. The van der Waals surface area contributed by atoms with E-state index in [0.717, 1.165) is 40.2 Å². The second-order valence-corrected chi connectivity index (χ2v) is 4.75. The first kappa shape index (κ1) is 11.9. The van der Waals surface area contributed by atoms with Crippen LogP contribution in [0.4, 0.5) is 0 Å². The van der Waals surface area contributed by atoms with Gasteiger partial charge in [-0.25, -0.2) is 9.97 Å². The molecule has 0 fully saturated rings. The van der Waals surface area contributed by atoms with Crippen molar-refractivity contribution in [2.75, 3.05) is 6.54 Å². The summed E-state index contributed by atoms with van der Waals surface area (Å²) in [6.45, 7) is 2.64. The van der Waals surface area contributed by atoms with E-state index >= 15 is 0 Å². The Hall–Kier alpha value is -2.14. The summed E-state index contributed by atoms with van der Waals surface area (Å²) in [5.41, 5.74) is 10.8. The van der Waals surface area contributed by atoms with Crippen LogP contribution in [-0.4, -0.2) is 26.1 Å². The van der Waals surface area contributed by atoms with Gasteiger partial charge in [0.25, 0.3) is 0 Å². The predicted molar refractivity (Wildman–Crippen MR) is 75.8 cm³/mol. The van der Waals surface area contributed by atoms with E-state index in [2.05, 4.69) is 33.2 Å². The van der Waals surface area contributed by atoms with Crippen LogP contribution < -0.4 is 5.73 Å². The average Bonchev–Trinajstić information content (AvgIpc) is 2.94. The molecule has 3 aromatic rings.